The maximum Gasteiger partial charge on any atom is 0.338 e. The van der Waals surface area contributed by atoms with Crippen LogP contribution >= 0.6 is 0 Å². The third kappa shape index (κ3) is 5.30. The van der Waals surface area contributed by atoms with E-state index < -0.39 is 28.5 Å². The van der Waals surface area contributed by atoms with Crippen molar-refractivity contribution in [2.24, 2.45) is 0 Å². The van der Waals surface area contributed by atoms with Crippen LogP contribution < -0.4 is 0 Å². The molecule has 9 heteroatoms. The number of likely N-dealkylation sites (N-methyl/N-ethyl adjacent to an activating group) is 1. The van der Waals surface area contributed by atoms with E-state index in [1.165, 1.54) is 28.4 Å². The van der Waals surface area contributed by atoms with Gasteiger partial charge in [-0.3, -0.25) is 4.79 Å². The minimum Gasteiger partial charge on any atom is -0.452 e. The molecular weight excluding hydrogens is 382 g/mol. The van der Waals surface area contributed by atoms with E-state index in [1.54, 1.807) is 13.0 Å². The Morgan fingerprint density at radius 2 is 1.93 bits per heavy atom. The van der Waals surface area contributed by atoms with Crippen LogP contribution in [0.2, 0.25) is 0 Å². The number of sulfonamides is 1. The molecule has 0 aliphatic carbocycles. The summed E-state index contributed by atoms with van der Waals surface area (Å²) >= 11 is 0. The summed E-state index contributed by atoms with van der Waals surface area (Å²) in [5, 5.41) is 8.55. The van der Waals surface area contributed by atoms with Crippen LogP contribution in [0.1, 0.15) is 41.6 Å². The van der Waals surface area contributed by atoms with Gasteiger partial charge in [-0.15, -0.1) is 0 Å². The molecule has 1 aromatic rings. The van der Waals surface area contributed by atoms with Gasteiger partial charge in [0, 0.05) is 26.7 Å². The van der Waals surface area contributed by atoms with Crippen LogP contribution in [0.15, 0.2) is 23.1 Å². The van der Waals surface area contributed by atoms with Gasteiger partial charge >= 0.3 is 5.97 Å². The third-order valence-electron chi connectivity index (χ3n) is 4.67. The number of aryl methyl sites for hydroxylation is 1. The van der Waals surface area contributed by atoms with Crippen molar-refractivity contribution in [1.29, 1.82) is 5.26 Å². The zero-order valence-corrected chi connectivity index (χ0v) is 17.0. The molecule has 0 radical (unpaired) electrons. The summed E-state index contributed by atoms with van der Waals surface area (Å²) in [5.74, 6) is -1.20. The second-order valence-electron chi connectivity index (χ2n) is 6.74. The van der Waals surface area contributed by atoms with E-state index in [0.717, 1.165) is 19.3 Å². The Hall–Kier alpha value is -2.44. The lowest BCUT2D eigenvalue weighted by Crippen LogP contribution is -2.36. The number of nitriles is 1. The number of hydrogen-bond acceptors (Lipinski definition) is 6. The minimum atomic E-state index is -3.68. The molecule has 152 valence electrons. The van der Waals surface area contributed by atoms with Gasteiger partial charge in [0.2, 0.25) is 10.0 Å². The molecule has 1 aliphatic heterocycles. The Morgan fingerprint density at radius 1 is 1.25 bits per heavy atom. The van der Waals surface area contributed by atoms with Crippen LogP contribution in [0.3, 0.4) is 0 Å². The molecule has 1 aromatic carbocycles. The van der Waals surface area contributed by atoms with Crippen molar-refractivity contribution in [1.82, 2.24) is 9.21 Å². The smallest absolute Gasteiger partial charge is 0.338 e. The number of esters is 1. The van der Waals surface area contributed by atoms with E-state index in [-0.39, 0.29) is 23.4 Å². The molecule has 0 atom stereocenters. The highest BCUT2D eigenvalue weighted by atomic mass is 32.2. The number of amides is 1. The van der Waals surface area contributed by atoms with Crippen molar-refractivity contribution in [3.05, 3.63) is 29.3 Å². The fourth-order valence-corrected chi connectivity index (χ4v) is 4.68. The summed E-state index contributed by atoms with van der Waals surface area (Å²) in [6.45, 7) is 2.40. The Balaban J connectivity index is 2.10. The van der Waals surface area contributed by atoms with E-state index >= 15 is 0 Å². The third-order valence-corrected chi connectivity index (χ3v) is 6.71. The van der Waals surface area contributed by atoms with Crippen molar-refractivity contribution in [3.8, 4) is 6.07 Å². The number of ether oxygens (including phenoxy) is 1. The first kappa shape index (κ1) is 21.9. The second kappa shape index (κ2) is 9.66. The number of rotatable bonds is 7. The predicted octanol–water partition coefficient (Wildman–Crippen LogP) is 1.70. The highest BCUT2D eigenvalue weighted by Gasteiger charge is 2.28. The fraction of sp³-hybridized carbons (Fsp3) is 0.526. The molecule has 2 rings (SSSR count). The monoisotopic (exact) mass is 407 g/mol. The lowest BCUT2D eigenvalue weighted by molar-refractivity contribution is -0.133. The van der Waals surface area contributed by atoms with Crippen molar-refractivity contribution in [3.63, 3.8) is 0 Å². The number of piperidine rings is 1. The predicted molar refractivity (Wildman–Crippen MR) is 102 cm³/mol. The molecule has 0 bridgehead atoms. The van der Waals surface area contributed by atoms with Crippen molar-refractivity contribution < 1.29 is 22.7 Å². The molecule has 1 aliphatic rings. The first-order valence-corrected chi connectivity index (χ1v) is 10.6. The Kier molecular flexibility index (Phi) is 7.54. The van der Waals surface area contributed by atoms with Gasteiger partial charge in [-0.1, -0.05) is 12.5 Å². The van der Waals surface area contributed by atoms with Gasteiger partial charge in [0.15, 0.2) is 6.61 Å². The molecule has 1 fully saturated rings. The Labute approximate surface area is 165 Å². The summed E-state index contributed by atoms with van der Waals surface area (Å²) in [6, 6.07) is 6.29. The zero-order chi connectivity index (χ0) is 20.7. The Bertz CT molecular complexity index is 870. The van der Waals surface area contributed by atoms with Gasteiger partial charge < -0.3 is 9.64 Å². The van der Waals surface area contributed by atoms with Crippen LogP contribution in [0.4, 0.5) is 0 Å². The van der Waals surface area contributed by atoms with Gasteiger partial charge in [0.25, 0.3) is 5.91 Å². The normalized spacial score (nSPS) is 14.9. The molecular formula is C19H25N3O5S. The van der Waals surface area contributed by atoms with Crippen LogP contribution in [0.5, 0.6) is 0 Å². The number of carbonyl (C=O) groups excluding carboxylic acids is 2. The first-order valence-electron chi connectivity index (χ1n) is 9.16. The molecule has 28 heavy (non-hydrogen) atoms. The molecule has 1 amide bonds. The zero-order valence-electron chi connectivity index (χ0n) is 16.2. The molecule has 0 spiro atoms. The average molecular weight is 407 g/mol. The van der Waals surface area contributed by atoms with Gasteiger partial charge in [-0.25, -0.2) is 13.2 Å². The molecule has 8 nitrogen and oxygen atoms in total. The van der Waals surface area contributed by atoms with E-state index in [9.17, 15) is 18.0 Å². The van der Waals surface area contributed by atoms with Gasteiger partial charge in [-0.05, 0) is 37.5 Å². The lowest BCUT2D eigenvalue weighted by atomic mass is 10.1. The molecule has 0 N–H and O–H groups in total. The molecule has 0 unspecified atom stereocenters. The maximum atomic E-state index is 12.9. The van der Waals surface area contributed by atoms with Crippen LogP contribution in [-0.4, -0.2) is 62.8 Å². The van der Waals surface area contributed by atoms with Crippen LogP contribution in [0, 0.1) is 18.3 Å². The molecule has 1 saturated heterocycles. The summed E-state index contributed by atoms with van der Waals surface area (Å²) < 4.78 is 32.3. The maximum absolute atomic E-state index is 12.9. The SMILES string of the molecule is Cc1ccc(C(=O)OCC(=O)N(C)CCC#N)cc1S(=O)(=O)N1CCCCC1. The topological polar surface area (TPSA) is 108 Å². The number of carbonyl (C=O) groups is 2. The standard InChI is InChI=1S/C19H25N3O5S/c1-15-7-8-16(19(24)27-14-18(23)21(2)10-6-9-20)13-17(15)28(25,26)22-11-4-3-5-12-22/h7-8,13H,3-6,10-12,14H2,1-2H3. The van der Waals surface area contributed by atoms with E-state index in [4.69, 9.17) is 10.00 Å². The molecule has 0 saturated carbocycles. The highest BCUT2D eigenvalue weighted by molar-refractivity contribution is 7.89. The number of nitrogens with zero attached hydrogens (tertiary/aromatic N) is 3. The van der Waals surface area contributed by atoms with E-state index in [0.29, 0.717) is 18.7 Å². The number of benzene rings is 1. The van der Waals surface area contributed by atoms with Crippen LogP contribution in [-0.2, 0) is 19.6 Å². The largest absolute Gasteiger partial charge is 0.452 e. The molecule has 0 aromatic heterocycles. The second-order valence-corrected chi connectivity index (χ2v) is 8.65. The Morgan fingerprint density at radius 3 is 2.57 bits per heavy atom. The van der Waals surface area contributed by atoms with Gasteiger partial charge in [0.1, 0.15) is 0 Å². The number of hydrogen-bond donors (Lipinski definition) is 0. The van der Waals surface area contributed by atoms with Crippen molar-refractivity contribution in [2.75, 3.05) is 33.3 Å². The fourth-order valence-electron chi connectivity index (χ4n) is 2.91. The van der Waals surface area contributed by atoms with Crippen LogP contribution in [0.25, 0.3) is 0 Å². The minimum absolute atomic E-state index is 0.0775. The summed E-state index contributed by atoms with van der Waals surface area (Å²) in [6.07, 6.45) is 2.84. The van der Waals surface area contributed by atoms with E-state index in [2.05, 4.69) is 0 Å². The summed E-state index contributed by atoms with van der Waals surface area (Å²) in [4.78, 5) is 25.6. The van der Waals surface area contributed by atoms with Gasteiger partial charge in [0.05, 0.1) is 22.9 Å². The lowest BCUT2D eigenvalue weighted by Gasteiger charge is -2.26. The van der Waals surface area contributed by atoms with Crippen molar-refractivity contribution >= 4 is 21.9 Å². The average Bonchev–Trinajstić information content (AvgIpc) is 2.70. The summed E-state index contributed by atoms with van der Waals surface area (Å²) in [7, 11) is -2.17. The van der Waals surface area contributed by atoms with Gasteiger partial charge in [-0.2, -0.15) is 9.57 Å². The van der Waals surface area contributed by atoms with Crippen molar-refractivity contribution in [2.45, 2.75) is 37.5 Å². The first-order chi connectivity index (χ1) is 13.3. The highest BCUT2D eigenvalue weighted by Crippen LogP contribution is 2.24. The molecule has 1 heterocycles. The quantitative estimate of drug-likeness (QED) is 0.637. The van der Waals surface area contributed by atoms with E-state index in [1.807, 2.05) is 6.07 Å². The summed E-state index contributed by atoms with van der Waals surface area (Å²) in [5.41, 5.74) is 0.628.